The van der Waals surface area contributed by atoms with Crippen LogP contribution in [0.15, 0.2) is 54.6 Å². The Labute approximate surface area is 185 Å². The molecule has 2 aliphatic heterocycles. The summed E-state index contributed by atoms with van der Waals surface area (Å²) in [4.78, 5) is 29.2. The second kappa shape index (κ2) is 10.5. The molecule has 0 aromatic heterocycles. The predicted molar refractivity (Wildman–Crippen MR) is 121 cm³/mol. The molecule has 2 saturated heterocycles. The molecule has 1 atom stereocenters. The maximum absolute atomic E-state index is 12.7. The Hall–Kier alpha value is -2.82. The summed E-state index contributed by atoms with van der Waals surface area (Å²) >= 11 is 0. The number of rotatable bonds is 7. The third-order valence-corrected chi connectivity index (χ3v) is 6.30. The third-order valence-electron chi connectivity index (χ3n) is 6.30. The average Bonchev–Trinajstić information content (AvgIpc) is 3.37. The number of likely N-dealkylation sites (tertiary alicyclic amines) is 2. The minimum atomic E-state index is 0.0933. The molecule has 0 N–H and O–H groups in total. The van der Waals surface area contributed by atoms with Gasteiger partial charge in [0.05, 0.1) is 6.61 Å². The highest BCUT2D eigenvalue weighted by molar-refractivity contribution is 5.94. The summed E-state index contributed by atoms with van der Waals surface area (Å²) in [6.07, 6.45) is 5.59. The molecular weight excluding hydrogens is 388 g/mol. The van der Waals surface area contributed by atoms with E-state index in [9.17, 15) is 9.59 Å². The first-order valence-corrected chi connectivity index (χ1v) is 11.5. The lowest BCUT2D eigenvalue weighted by Gasteiger charge is -2.32. The molecule has 0 aliphatic carbocycles. The molecule has 0 saturated carbocycles. The molecule has 5 nitrogen and oxygen atoms in total. The Morgan fingerprint density at radius 1 is 0.903 bits per heavy atom. The SMILES string of the molecule is O=C(CCc1ccccc1)N1CCC[C@@H](COc2cccc(C(=O)N3CCCC3)c2)C1. The van der Waals surface area contributed by atoms with Crippen LogP contribution < -0.4 is 4.74 Å². The number of aryl methyl sites for hydroxylation is 1. The van der Waals surface area contributed by atoms with Crippen LogP contribution in [0.25, 0.3) is 0 Å². The van der Waals surface area contributed by atoms with Crippen LogP contribution in [0.5, 0.6) is 5.75 Å². The first-order chi connectivity index (χ1) is 15.2. The van der Waals surface area contributed by atoms with E-state index < -0.39 is 0 Å². The van der Waals surface area contributed by atoms with Gasteiger partial charge in [0.25, 0.3) is 5.91 Å². The van der Waals surface area contributed by atoms with Crippen molar-refractivity contribution < 1.29 is 14.3 Å². The van der Waals surface area contributed by atoms with Crippen molar-refractivity contribution >= 4 is 11.8 Å². The number of benzene rings is 2. The summed E-state index contributed by atoms with van der Waals surface area (Å²) < 4.78 is 6.05. The number of nitrogens with zero attached hydrogens (tertiary/aromatic N) is 2. The fourth-order valence-electron chi connectivity index (χ4n) is 4.52. The number of carbonyl (C=O) groups excluding carboxylic acids is 2. The zero-order valence-corrected chi connectivity index (χ0v) is 18.2. The smallest absolute Gasteiger partial charge is 0.253 e. The normalized spacial score (nSPS) is 18.8. The Morgan fingerprint density at radius 3 is 2.48 bits per heavy atom. The molecule has 2 aliphatic rings. The predicted octanol–water partition coefficient (Wildman–Crippen LogP) is 4.17. The first-order valence-electron chi connectivity index (χ1n) is 11.5. The van der Waals surface area contributed by atoms with E-state index in [0.29, 0.717) is 24.5 Å². The van der Waals surface area contributed by atoms with Gasteiger partial charge in [-0.15, -0.1) is 0 Å². The molecule has 2 heterocycles. The average molecular weight is 421 g/mol. The summed E-state index contributed by atoms with van der Waals surface area (Å²) in [5.74, 6) is 1.38. The molecule has 2 aromatic carbocycles. The Bertz CT molecular complexity index is 877. The van der Waals surface area contributed by atoms with E-state index >= 15 is 0 Å². The third kappa shape index (κ3) is 5.87. The first kappa shape index (κ1) is 21.4. The summed E-state index contributed by atoms with van der Waals surface area (Å²) in [6, 6.07) is 17.7. The molecule has 0 spiro atoms. The van der Waals surface area contributed by atoms with Crippen LogP contribution in [0, 0.1) is 5.92 Å². The van der Waals surface area contributed by atoms with Gasteiger partial charge in [0, 0.05) is 44.1 Å². The van der Waals surface area contributed by atoms with Crippen molar-refractivity contribution in [2.75, 3.05) is 32.8 Å². The lowest BCUT2D eigenvalue weighted by molar-refractivity contribution is -0.133. The molecule has 31 heavy (non-hydrogen) atoms. The van der Waals surface area contributed by atoms with Gasteiger partial charge in [-0.05, 0) is 55.9 Å². The van der Waals surface area contributed by atoms with Crippen LogP contribution in [0.2, 0.25) is 0 Å². The summed E-state index contributed by atoms with van der Waals surface area (Å²) in [7, 11) is 0. The Balaban J connectivity index is 1.26. The van der Waals surface area contributed by atoms with Crippen molar-refractivity contribution in [3.8, 4) is 5.75 Å². The van der Waals surface area contributed by atoms with Gasteiger partial charge in [-0.3, -0.25) is 9.59 Å². The van der Waals surface area contributed by atoms with E-state index in [4.69, 9.17) is 4.74 Å². The number of ether oxygens (including phenoxy) is 1. The van der Waals surface area contributed by atoms with Crippen molar-refractivity contribution in [3.05, 3.63) is 65.7 Å². The van der Waals surface area contributed by atoms with Crippen LogP contribution in [-0.2, 0) is 11.2 Å². The van der Waals surface area contributed by atoms with Crippen molar-refractivity contribution in [3.63, 3.8) is 0 Å². The van der Waals surface area contributed by atoms with Gasteiger partial charge >= 0.3 is 0 Å². The minimum Gasteiger partial charge on any atom is -0.493 e. The van der Waals surface area contributed by atoms with Crippen molar-refractivity contribution in [1.82, 2.24) is 9.80 Å². The summed E-state index contributed by atoms with van der Waals surface area (Å²) in [5, 5.41) is 0. The maximum atomic E-state index is 12.7. The standard InChI is InChI=1S/C26H32N2O3/c29-25(14-13-21-8-2-1-3-9-21)28-17-7-10-22(19-28)20-31-24-12-6-11-23(18-24)26(30)27-15-4-5-16-27/h1-3,6,8-9,11-12,18,22H,4-5,7,10,13-17,19-20H2/t22-/m1/s1. The van der Waals surface area contributed by atoms with Gasteiger partial charge in [0.1, 0.15) is 5.75 Å². The molecule has 4 rings (SSSR count). The molecule has 0 unspecified atom stereocenters. The fraction of sp³-hybridized carbons (Fsp3) is 0.462. The van der Waals surface area contributed by atoms with Gasteiger partial charge in [-0.2, -0.15) is 0 Å². The molecular formula is C26H32N2O3. The van der Waals surface area contributed by atoms with Crippen molar-refractivity contribution in [2.45, 2.75) is 38.5 Å². The molecule has 2 amide bonds. The number of piperidine rings is 1. The molecule has 0 radical (unpaired) electrons. The molecule has 0 bridgehead atoms. The topological polar surface area (TPSA) is 49.9 Å². The van der Waals surface area contributed by atoms with Crippen molar-refractivity contribution in [1.29, 1.82) is 0 Å². The van der Waals surface area contributed by atoms with Gasteiger partial charge in [-0.25, -0.2) is 0 Å². The molecule has 164 valence electrons. The number of amides is 2. The zero-order chi connectivity index (χ0) is 21.5. The second-order valence-corrected chi connectivity index (χ2v) is 8.67. The zero-order valence-electron chi connectivity index (χ0n) is 18.2. The van der Waals surface area contributed by atoms with E-state index in [0.717, 1.165) is 64.0 Å². The molecule has 5 heteroatoms. The van der Waals surface area contributed by atoms with Gasteiger partial charge in [0.2, 0.25) is 5.91 Å². The van der Waals surface area contributed by atoms with E-state index in [1.807, 2.05) is 52.3 Å². The molecule has 2 fully saturated rings. The lowest BCUT2D eigenvalue weighted by Crippen LogP contribution is -2.41. The van der Waals surface area contributed by atoms with Crippen LogP contribution in [0.1, 0.15) is 48.0 Å². The van der Waals surface area contributed by atoms with Gasteiger partial charge < -0.3 is 14.5 Å². The van der Waals surface area contributed by atoms with E-state index in [-0.39, 0.29) is 11.8 Å². The minimum absolute atomic E-state index is 0.0933. The van der Waals surface area contributed by atoms with Crippen LogP contribution in [0.4, 0.5) is 0 Å². The number of carbonyl (C=O) groups is 2. The largest absolute Gasteiger partial charge is 0.493 e. The summed E-state index contributed by atoms with van der Waals surface area (Å²) in [6.45, 7) is 3.86. The Kier molecular flexibility index (Phi) is 7.23. The fourth-order valence-corrected chi connectivity index (χ4v) is 4.52. The van der Waals surface area contributed by atoms with Crippen molar-refractivity contribution in [2.24, 2.45) is 5.92 Å². The van der Waals surface area contributed by atoms with Crippen LogP contribution in [0.3, 0.4) is 0 Å². The lowest BCUT2D eigenvalue weighted by atomic mass is 9.98. The maximum Gasteiger partial charge on any atom is 0.253 e. The quantitative estimate of drug-likeness (QED) is 0.675. The van der Waals surface area contributed by atoms with E-state index in [1.165, 1.54) is 5.56 Å². The van der Waals surface area contributed by atoms with Crippen LogP contribution >= 0.6 is 0 Å². The monoisotopic (exact) mass is 420 g/mol. The van der Waals surface area contributed by atoms with Crippen LogP contribution in [-0.4, -0.2) is 54.4 Å². The second-order valence-electron chi connectivity index (χ2n) is 8.67. The van der Waals surface area contributed by atoms with Gasteiger partial charge in [-0.1, -0.05) is 36.4 Å². The van der Waals surface area contributed by atoms with E-state index in [1.54, 1.807) is 0 Å². The molecule has 2 aromatic rings. The number of hydrogen-bond acceptors (Lipinski definition) is 3. The Morgan fingerprint density at radius 2 is 1.68 bits per heavy atom. The van der Waals surface area contributed by atoms with Gasteiger partial charge in [0.15, 0.2) is 0 Å². The highest BCUT2D eigenvalue weighted by atomic mass is 16.5. The number of hydrogen-bond donors (Lipinski definition) is 0. The summed E-state index contributed by atoms with van der Waals surface area (Å²) in [5.41, 5.74) is 1.90. The van der Waals surface area contributed by atoms with E-state index in [2.05, 4.69) is 12.1 Å². The highest BCUT2D eigenvalue weighted by Crippen LogP contribution is 2.22. The highest BCUT2D eigenvalue weighted by Gasteiger charge is 2.24.